The summed E-state index contributed by atoms with van der Waals surface area (Å²) in [7, 11) is 0. The number of amides is 2. The Morgan fingerprint density at radius 2 is 1.82 bits per heavy atom. The third kappa shape index (κ3) is 1.36. The quantitative estimate of drug-likeness (QED) is 0.617. The van der Waals surface area contributed by atoms with Gasteiger partial charge in [0.25, 0.3) is 11.8 Å². The molecule has 2 N–H and O–H groups in total. The Balaban J connectivity index is 2.15. The molecule has 0 saturated heterocycles. The number of thiophene rings is 1. The molecule has 0 fully saturated rings. The van der Waals surface area contributed by atoms with Gasteiger partial charge >= 0.3 is 0 Å². The monoisotopic (exact) mass is 244 g/mol. The molecule has 17 heavy (non-hydrogen) atoms. The summed E-state index contributed by atoms with van der Waals surface area (Å²) in [5.41, 5.74) is 7.51. The predicted molar refractivity (Wildman–Crippen MR) is 66.3 cm³/mol. The average molecular weight is 244 g/mol. The Hall–Kier alpha value is -2.14. The number of hydrogen-bond acceptors (Lipinski definition) is 4. The van der Waals surface area contributed by atoms with Crippen LogP contribution in [-0.2, 0) is 0 Å². The van der Waals surface area contributed by atoms with E-state index in [1.165, 1.54) is 16.2 Å². The van der Waals surface area contributed by atoms with Crippen LogP contribution in [0.1, 0.15) is 20.7 Å². The van der Waals surface area contributed by atoms with Crippen LogP contribution in [0.4, 0.5) is 11.4 Å². The molecule has 2 amide bonds. The van der Waals surface area contributed by atoms with Gasteiger partial charge in [-0.3, -0.25) is 9.59 Å². The van der Waals surface area contributed by atoms with Gasteiger partial charge in [-0.1, -0.05) is 0 Å². The van der Waals surface area contributed by atoms with Crippen LogP contribution in [0, 0.1) is 0 Å². The van der Waals surface area contributed by atoms with E-state index >= 15 is 0 Å². The lowest BCUT2D eigenvalue weighted by Crippen LogP contribution is -2.28. The summed E-state index contributed by atoms with van der Waals surface area (Å²) < 4.78 is 0. The van der Waals surface area contributed by atoms with Crippen molar-refractivity contribution in [2.45, 2.75) is 0 Å². The molecule has 0 aliphatic carbocycles. The molecule has 1 aromatic heterocycles. The maximum atomic E-state index is 12.1. The zero-order valence-corrected chi connectivity index (χ0v) is 9.53. The van der Waals surface area contributed by atoms with E-state index in [0.29, 0.717) is 22.5 Å². The number of carbonyl (C=O) groups is 2. The molecule has 0 bridgehead atoms. The Labute approximate surface area is 101 Å². The molecule has 0 spiro atoms. The highest BCUT2D eigenvalue weighted by atomic mass is 32.1. The summed E-state index contributed by atoms with van der Waals surface area (Å²) >= 11 is 1.44. The van der Waals surface area contributed by atoms with Crippen molar-refractivity contribution in [3.63, 3.8) is 0 Å². The van der Waals surface area contributed by atoms with Gasteiger partial charge in [-0.2, -0.15) is 11.3 Å². The molecule has 84 valence electrons. The minimum absolute atomic E-state index is 0.289. The second-order valence-electron chi connectivity index (χ2n) is 3.73. The zero-order valence-electron chi connectivity index (χ0n) is 8.71. The molecular formula is C12H8N2O2S. The summed E-state index contributed by atoms with van der Waals surface area (Å²) in [6, 6.07) is 6.51. The van der Waals surface area contributed by atoms with Gasteiger partial charge in [-0.15, -0.1) is 0 Å². The van der Waals surface area contributed by atoms with E-state index in [2.05, 4.69) is 0 Å². The summed E-state index contributed by atoms with van der Waals surface area (Å²) in [4.78, 5) is 25.4. The number of rotatable bonds is 1. The summed E-state index contributed by atoms with van der Waals surface area (Å²) in [6.07, 6.45) is 0. The third-order valence-electron chi connectivity index (χ3n) is 2.67. The lowest BCUT2D eigenvalue weighted by molar-refractivity contribution is 0.0926. The van der Waals surface area contributed by atoms with Crippen molar-refractivity contribution in [3.8, 4) is 0 Å². The van der Waals surface area contributed by atoms with Crippen molar-refractivity contribution < 1.29 is 9.59 Å². The molecule has 1 aromatic carbocycles. The van der Waals surface area contributed by atoms with E-state index in [4.69, 9.17) is 5.73 Å². The molecule has 2 aromatic rings. The normalized spacial score (nSPS) is 14.2. The summed E-state index contributed by atoms with van der Waals surface area (Å²) in [6.45, 7) is 0. The third-order valence-corrected chi connectivity index (χ3v) is 3.35. The van der Waals surface area contributed by atoms with Gasteiger partial charge in [0.1, 0.15) is 0 Å². The number of fused-ring (bicyclic) bond motifs is 1. The highest BCUT2D eigenvalue weighted by Gasteiger charge is 2.36. The SMILES string of the molecule is Nc1ccc2c(c1)C(=O)N(c1ccsc1)C2=O. The van der Waals surface area contributed by atoms with E-state index in [-0.39, 0.29) is 11.8 Å². The standard InChI is InChI=1S/C12H8N2O2S/c13-7-1-2-9-10(5-7)12(16)14(11(9)15)8-3-4-17-6-8/h1-6H,13H2. The van der Waals surface area contributed by atoms with Crippen LogP contribution < -0.4 is 10.6 Å². The van der Waals surface area contributed by atoms with Crippen LogP contribution in [0.2, 0.25) is 0 Å². The zero-order chi connectivity index (χ0) is 12.0. The Bertz CT molecular complexity index is 619. The van der Waals surface area contributed by atoms with Gasteiger partial charge in [0.15, 0.2) is 0 Å². The number of imide groups is 1. The number of benzene rings is 1. The molecule has 3 rings (SSSR count). The number of nitrogens with zero attached hydrogens (tertiary/aromatic N) is 1. The summed E-state index contributed by atoms with van der Waals surface area (Å²) in [5, 5.41) is 3.60. The maximum absolute atomic E-state index is 12.1. The van der Waals surface area contributed by atoms with Gasteiger partial charge < -0.3 is 5.73 Å². The Morgan fingerprint density at radius 1 is 1.06 bits per heavy atom. The van der Waals surface area contributed by atoms with Crippen molar-refractivity contribution in [1.82, 2.24) is 0 Å². The molecule has 0 unspecified atom stereocenters. The predicted octanol–water partition coefficient (Wildman–Crippen LogP) is 2.13. The second-order valence-corrected chi connectivity index (χ2v) is 4.51. The van der Waals surface area contributed by atoms with Crippen molar-refractivity contribution in [1.29, 1.82) is 0 Å². The first-order valence-electron chi connectivity index (χ1n) is 4.99. The minimum atomic E-state index is -0.310. The second kappa shape index (κ2) is 3.43. The fraction of sp³-hybridized carbons (Fsp3) is 0. The van der Waals surface area contributed by atoms with Crippen LogP contribution >= 0.6 is 11.3 Å². The van der Waals surface area contributed by atoms with E-state index in [9.17, 15) is 9.59 Å². The first kappa shape index (κ1) is 10.0. The smallest absolute Gasteiger partial charge is 0.266 e. The highest BCUT2D eigenvalue weighted by molar-refractivity contribution is 7.08. The van der Waals surface area contributed by atoms with Crippen LogP contribution in [0.25, 0.3) is 0 Å². The molecule has 1 aliphatic heterocycles. The first-order valence-corrected chi connectivity index (χ1v) is 5.93. The van der Waals surface area contributed by atoms with Gasteiger partial charge in [-0.25, -0.2) is 4.90 Å². The molecule has 5 heteroatoms. The van der Waals surface area contributed by atoms with E-state index in [1.807, 2.05) is 5.38 Å². The van der Waals surface area contributed by atoms with Crippen LogP contribution in [0.3, 0.4) is 0 Å². The van der Waals surface area contributed by atoms with Gasteiger partial charge in [-0.05, 0) is 29.6 Å². The highest BCUT2D eigenvalue weighted by Crippen LogP contribution is 2.30. The fourth-order valence-electron chi connectivity index (χ4n) is 1.88. The summed E-state index contributed by atoms with van der Waals surface area (Å²) in [5.74, 6) is -0.598. The van der Waals surface area contributed by atoms with Crippen molar-refractivity contribution in [3.05, 3.63) is 46.2 Å². The van der Waals surface area contributed by atoms with E-state index in [1.54, 1.807) is 29.6 Å². The number of anilines is 2. The molecule has 0 saturated carbocycles. The van der Waals surface area contributed by atoms with E-state index in [0.717, 1.165) is 0 Å². The topological polar surface area (TPSA) is 63.4 Å². The number of hydrogen-bond donors (Lipinski definition) is 1. The van der Waals surface area contributed by atoms with Crippen molar-refractivity contribution in [2.24, 2.45) is 0 Å². The van der Waals surface area contributed by atoms with Gasteiger partial charge in [0, 0.05) is 11.1 Å². The Kier molecular flexibility index (Phi) is 2.02. The van der Waals surface area contributed by atoms with Crippen LogP contribution in [-0.4, -0.2) is 11.8 Å². The molecular weight excluding hydrogens is 236 g/mol. The number of nitrogen functional groups attached to an aromatic ring is 1. The average Bonchev–Trinajstić information content (AvgIpc) is 2.88. The van der Waals surface area contributed by atoms with E-state index < -0.39 is 0 Å². The largest absolute Gasteiger partial charge is 0.399 e. The molecule has 2 heterocycles. The lowest BCUT2D eigenvalue weighted by atomic mass is 10.1. The molecule has 0 radical (unpaired) electrons. The number of carbonyl (C=O) groups excluding carboxylic acids is 2. The molecule has 1 aliphatic rings. The van der Waals surface area contributed by atoms with Crippen molar-refractivity contribution in [2.75, 3.05) is 10.6 Å². The minimum Gasteiger partial charge on any atom is -0.399 e. The fourth-order valence-corrected chi connectivity index (χ4v) is 2.50. The lowest BCUT2D eigenvalue weighted by Gasteiger charge is -2.10. The first-order chi connectivity index (χ1) is 8.18. The van der Waals surface area contributed by atoms with Gasteiger partial charge in [0.2, 0.25) is 0 Å². The molecule has 4 nitrogen and oxygen atoms in total. The number of nitrogens with two attached hydrogens (primary N) is 1. The molecule has 0 atom stereocenters. The van der Waals surface area contributed by atoms with Gasteiger partial charge in [0.05, 0.1) is 16.8 Å². The Morgan fingerprint density at radius 3 is 2.53 bits per heavy atom. The van der Waals surface area contributed by atoms with Crippen LogP contribution in [0.15, 0.2) is 35.0 Å². The maximum Gasteiger partial charge on any atom is 0.266 e. The van der Waals surface area contributed by atoms with Crippen molar-refractivity contribution >= 4 is 34.5 Å². The van der Waals surface area contributed by atoms with Crippen LogP contribution in [0.5, 0.6) is 0 Å².